The van der Waals surface area contributed by atoms with Gasteiger partial charge in [0, 0.05) is 19.7 Å². The van der Waals surface area contributed by atoms with Crippen molar-refractivity contribution < 1.29 is 27.1 Å². The highest BCUT2D eigenvalue weighted by atomic mass is 32.2. The van der Waals surface area contributed by atoms with E-state index in [1.807, 2.05) is 0 Å². The molecule has 0 heterocycles. The molecule has 0 saturated heterocycles. The maximum Gasteiger partial charge on any atom is 0.243 e. The first-order valence-corrected chi connectivity index (χ1v) is 10.4. The first-order valence-electron chi connectivity index (χ1n) is 8.97. The third-order valence-corrected chi connectivity index (χ3v) is 6.11. The Morgan fingerprint density at radius 2 is 1.72 bits per heavy atom. The van der Waals surface area contributed by atoms with E-state index in [1.54, 1.807) is 12.1 Å². The SMILES string of the molecule is COc1ccc(S(=O)(=O)N(C)CC(=O)NCCCc2ccc(F)cc2)cc1OC. The third-order valence-electron chi connectivity index (χ3n) is 4.31. The molecule has 2 rings (SSSR count). The second-order valence-electron chi connectivity index (χ2n) is 6.36. The van der Waals surface area contributed by atoms with Gasteiger partial charge >= 0.3 is 0 Å². The number of ether oxygens (including phenoxy) is 2. The van der Waals surface area contributed by atoms with Gasteiger partial charge in [0.1, 0.15) is 5.82 Å². The molecular formula is C20H25FN2O5S. The van der Waals surface area contributed by atoms with Gasteiger partial charge < -0.3 is 14.8 Å². The van der Waals surface area contributed by atoms with Crippen LogP contribution in [0.25, 0.3) is 0 Å². The van der Waals surface area contributed by atoms with Gasteiger partial charge in [0.2, 0.25) is 15.9 Å². The number of halogens is 1. The van der Waals surface area contributed by atoms with Crippen molar-refractivity contribution in [2.24, 2.45) is 0 Å². The van der Waals surface area contributed by atoms with Gasteiger partial charge in [0.15, 0.2) is 11.5 Å². The number of hydrogen-bond acceptors (Lipinski definition) is 5. The molecule has 9 heteroatoms. The van der Waals surface area contributed by atoms with Crippen LogP contribution < -0.4 is 14.8 Å². The second kappa shape index (κ2) is 10.2. The van der Waals surface area contributed by atoms with E-state index in [1.165, 1.54) is 51.6 Å². The summed E-state index contributed by atoms with van der Waals surface area (Å²) in [5, 5.41) is 2.70. The number of nitrogens with one attached hydrogen (secondary N) is 1. The van der Waals surface area contributed by atoms with Crippen LogP contribution in [0.4, 0.5) is 4.39 Å². The molecule has 0 atom stereocenters. The molecule has 29 heavy (non-hydrogen) atoms. The fourth-order valence-electron chi connectivity index (χ4n) is 2.67. The van der Waals surface area contributed by atoms with Crippen molar-refractivity contribution in [2.75, 3.05) is 34.4 Å². The maximum atomic E-state index is 12.9. The molecule has 0 saturated carbocycles. The smallest absolute Gasteiger partial charge is 0.243 e. The van der Waals surface area contributed by atoms with E-state index in [9.17, 15) is 17.6 Å². The van der Waals surface area contributed by atoms with Crippen LogP contribution in [-0.2, 0) is 21.2 Å². The average Bonchev–Trinajstić information content (AvgIpc) is 2.71. The van der Waals surface area contributed by atoms with Gasteiger partial charge in [-0.2, -0.15) is 4.31 Å². The lowest BCUT2D eigenvalue weighted by molar-refractivity contribution is -0.121. The lowest BCUT2D eigenvalue weighted by atomic mass is 10.1. The van der Waals surface area contributed by atoms with Gasteiger partial charge in [-0.3, -0.25) is 4.79 Å². The Hall–Kier alpha value is -2.65. The summed E-state index contributed by atoms with van der Waals surface area (Å²) >= 11 is 0. The molecule has 0 radical (unpaired) electrons. The Morgan fingerprint density at radius 3 is 2.34 bits per heavy atom. The monoisotopic (exact) mass is 424 g/mol. The molecule has 0 fully saturated rings. The highest BCUT2D eigenvalue weighted by Gasteiger charge is 2.24. The Kier molecular flexibility index (Phi) is 7.98. The lowest BCUT2D eigenvalue weighted by Gasteiger charge is -2.18. The highest BCUT2D eigenvalue weighted by Crippen LogP contribution is 2.30. The summed E-state index contributed by atoms with van der Waals surface area (Å²) < 4.78 is 49.5. The van der Waals surface area contributed by atoms with Crippen LogP contribution >= 0.6 is 0 Å². The van der Waals surface area contributed by atoms with E-state index in [0.29, 0.717) is 25.1 Å². The van der Waals surface area contributed by atoms with E-state index in [-0.39, 0.29) is 23.0 Å². The fraction of sp³-hybridized carbons (Fsp3) is 0.350. The largest absolute Gasteiger partial charge is 0.493 e. The molecule has 2 aromatic carbocycles. The van der Waals surface area contributed by atoms with Gasteiger partial charge in [-0.15, -0.1) is 0 Å². The number of sulfonamides is 1. The minimum absolute atomic E-state index is 0.00163. The molecule has 2 aromatic rings. The molecule has 0 bridgehead atoms. The number of carbonyl (C=O) groups excluding carboxylic acids is 1. The number of hydrogen-bond donors (Lipinski definition) is 1. The summed E-state index contributed by atoms with van der Waals surface area (Å²) in [6, 6.07) is 10.4. The summed E-state index contributed by atoms with van der Waals surface area (Å²) in [6.45, 7) is 0.0771. The summed E-state index contributed by atoms with van der Waals surface area (Å²) in [6.07, 6.45) is 1.34. The van der Waals surface area contributed by atoms with E-state index in [4.69, 9.17) is 9.47 Å². The number of benzene rings is 2. The normalized spacial score (nSPS) is 11.3. The number of methoxy groups -OCH3 is 2. The van der Waals surface area contributed by atoms with Crippen molar-refractivity contribution in [1.29, 1.82) is 0 Å². The highest BCUT2D eigenvalue weighted by molar-refractivity contribution is 7.89. The first kappa shape index (κ1) is 22.6. The minimum atomic E-state index is -3.87. The summed E-state index contributed by atoms with van der Waals surface area (Å²) in [5.74, 6) is -0.00309. The predicted octanol–water partition coefficient (Wildman–Crippen LogP) is 2.21. The molecule has 0 spiro atoms. The molecule has 1 amide bonds. The van der Waals surface area contributed by atoms with Gasteiger partial charge in [-0.1, -0.05) is 12.1 Å². The van der Waals surface area contributed by atoms with Gasteiger partial charge in [-0.05, 0) is 42.7 Å². The Morgan fingerprint density at radius 1 is 1.07 bits per heavy atom. The molecule has 1 N–H and O–H groups in total. The van der Waals surface area contributed by atoms with Crippen LogP contribution in [0.15, 0.2) is 47.4 Å². The number of amides is 1. The minimum Gasteiger partial charge on any atom is -0.493 e. The van der Waals surface area contributed by atoms with Crippen molar-refractivity contribution in [1.82, 2.24) is 9.62 Å². The van der Waals surface area contributed by atoms with E-state index in [0.717, 1.165) is 9.87 Å². The molecular weight excluding hydrogens is 399 g/mol. The zero-order valence-corrected chi connectivity index (χ0v) is 17.5. The van der Waals surface area contributed by atoms with Crippen molar-refractivity contribution in [3.05, 3.63) is 53.8 Å². The van der Waals surface area contributed by atoms with E-state index in [2.05, 4.69) is 5.32 Å². The zero-order chi connectivity index (χ0) is 21.4. The van der Waals surface area contributed by atoms with Crippen LogP contribution in [0.3, 0.4) is 0 Å². The zero-order valence-electron chi connectivity index (χ0n) is 16.6. The average molecular weight is 424 g/mol. The van der Waals surface area contributed by atoms with Crippen molar-refractivity contribution in [3.63, 3.8) is 0 Å². The van der Waals surface area contributed by atoms with Crippen molar-refractivity contribution in [3.8, 4) is 11.5 Å². The molecule has 7 nitrogen and oxygen atoms in total. The number of rotatable bonds is 10. The first-order chi connectivity index (χ1) is 13.8. The maximum absolute atomic E-state index is 12.9. The molecule has 0 aliphatic rings. The summed E-state index contributed by atoms with van der Waals surface area (Å²) in [7, 11) is 0.341. The number of nitrogens with zero attached hydrogens (tertiary/aromatic N) is 1. The second-order valence-corrected chi connectivity index (χ2v) is 8.40. The molecule has 158 valence electrons. The Labute approximate surface area is 170 Å². The topological polar surface area (TPSA) is 84.9 Å². The van der Waals surface area contributed by atoms with Crippen LogP contribution in [0.5, 0.6) is 11.5 Å². The molecule has 0 aliphatic carbocycles. The van der Waals surface area contributed by atoms with Gasteiger partial charge in [0.05, 0.1) is 25.7 Å². The standard InChI is InChI=1S/C20H25FN2O5S/c1-23(29(25,26)17-10-11-18(27-2)19(13-17)28-3)14-20(24)22-12-4-5-15-6-8-16(21)9-7-15/h6-11,13H,4-5,12,14H2,1-3H3,(H,22,24). The van der Waals surface area contributed by atoms with Gasteiger partial charge in [-0.25, -0.2) is 12.8 Å². The predicted molar refractivity (Wildman–Crippen MR) is 107 cm³/mol. The van der Waals surface area contributed by atoms with Crippen molar-refractivity contribution >= 4 is 15.9 Å². The van der Waals surface area contributed by atoms with Crippen LogP contribution in [0, 0.1) is 5.82 Å². The van der Waals surface area contributed by atoms with Crippen LogP contribution in [0.1, 0.15) is 12.0 Å². The van der Waals surface area contributed by atoms with Crippen LogP contribution in [0.2, 0.25) is 0 Å². The van der Waals surface area contributed by atoms with E-state index < -0.39 is 15.9 Å². The molecule has 0 aliphatic heterocycles. The number of aryl methyl sites for hydroxylation is 1. The summed E-state index contributed by atoms with van der Waals surface area (Å²) in [4.78, 5) is 12.1. The summed E-state index contributed by atoms with van der Waals surface area (Å²) in [5.41, 5.74) is 0.966. The molecule has 0 unspecified atom stereocenters. The Balaban J connectivity index is 1.88. The van der Waals surface area contributed by atoms with Gasteiger partial charge in [0.25, 0.3) is 0 Å². The van der Waals surface area contributed by atoms with Crippen molar-refractivity contribution in [2.45, 2.75) is 17.7 Å². The number of carbonyl (C=O) groups is 1. The van der Waals surface area contributed by atoms with E-state index >= 15 is 0 Å². The lowest BCUT2D eigenvalue weighted by Crippen LogP contribution is -2.38. The fourth-order valence-corrected chi connectivity index (χ4v) is 3.81. The van der Waals surface area contributed by atoms with Crippen LogP contribution in [-0.4, -0.2) is 53.0 Å². The third kappa shape index (κ3) is 6.16. The quantitative estimate of drug-likeness (QED) is 0.591. The Bertz CT molecular complexity index is 932. The molecule has 0 aromatic heterocycles. The number of likely N-dealkylation sites (N-methyl/N-ethyl adjacent to an activating group) is 1.